The number of nitrogens with one attached hydrogen (secondary N) is 1. The van der Waals surface area contributed by atoms with Crippen LogP contribution in [0, 0.1) is 5.41 Å². The summed E-state index contributed by atoms with van der Waals surface area (Å²) in [5, 5.41) is 14.2. The van der Waals surface area contributed by atoms with Crippen molar-refractivity contribution in [2.75, 3.05) is 12.4 Å². The fourth-order valence-electron chi connectivity index (χ4n) is 4.81. The molecule has 2 aliphatic carbocycles. The van der Waals surface area contributed by atoms with E-state index in [1.807, 2.05) is 0 Å². The average Bonchev–Trinajstić information content (AvgIpc) is 3.23. The molecule has 7 heteroatoms. The van der Waals surface area contributed by atoms with Gasteiger partial charge in [0.1, 0.15) is 5.78 Å². The van der Waals surface area contributed by atoms with Gasteiger partial charge in [0.05, 0.1) is 16.3 Å². The van der Waals surface area contributed by atoms with Crippen LogP contribution in [0.15, 0.2) is 12.1 Å². The zero-order chi connectivity index (χ0) is 18.0. The lowest BCUT2D eigenvalue weighted by molar-refractivity contribution is -0.144. The number of amides is 1. The molecule has 5 nitrogen and oxygen atoms in total. The molecule has 0 radical (unpaired) electrons. The van der Waals surface area contributed by atoms with Crippen molar-refractivity contribution >= 4 is 40.6 Å². The third kappa shape index (κ3) is 2.29. The Morgan fingerprint density at radius 1 is 1.24 bits per heavy atom. The van der Waals surface area contributed by atoms with Crippen molar-refractivity contribution in [2.45, 2.75) is 49.7 Å². The summed E-state index contributed by atoms with van der Waals surface area (Å²) in [6.45, 7) is 0. The third-order valence-electron chi connectivity index (χ3n) is 6.35. The van der Waals surface area contributed by atoms with Crippen LogP contribution in [-0.2, 0) is 19.9 Å². The Bertz CT molecular complexity index is 786. The van der Waals surface area contributed by atoms with Crippen molar-refractivity contribution < 1.29 is 19.4 Å². The van der Waals surface area contributed by atoms with E-state index in [1.54, 1.807) is 13.2 Å². The first-order valence-corrected chi connectivity index (χ1v) is 9.12. The van der Waals surface area contributed by atoms with Crippen LogP contribution in [0.25, 0.3) is 0 Å². The number of aliphatic hydroxyl groups is 1. The second kappa shape index (κ2) is 5.43. The van der Waals surface area contributed by atoms with Crippen molar-refractivity contribution in [3.05, 3.63) is 27.7 Å². The number of Topliss-reactive ketones (excluding diaryl/α,β-unsaturated/α-hetero) is 1. The Balaban J connectivity index is 1.67. The summed E-state index contributed by atoms with van der Waals surface area (Å²) in [5.74, 6) is -0.762. The van der Waals surface area contributed by atoms with Crippen molar-refractivity contribution in [1.82, 2.24) is 0 Å². The van der Waals surface area contributed by atoms with E-state index in [4.69, 9.17) is 27.9 Å². The maximum Gasteiger partial charge on any atom is 0.261 e. The summed E-state index contributed by atoms with van der Waals surface area (Å²) in [6, 6.07) is 3.08. The van der Waals surface area contributed by atoms with Crippen LogP contribution in [0.1, 0.15) is 44.1 Å². The summed E-state index contributed by atoms with van der Waals surface area (Å²) < 4.78 is 5.64. The zero-order valence-electron chi connectivity index (χ0n) is 13.8. The first kappa shape index (κ1) is 17.3. The maximum atomic E-state index is 13.1. The standard InChI is InChI=1S/C18H19Cl2NO4/c1-25-17-6-4-16(9-17,5-7-17)12(22)8-18(24)13-10(19)2-3-11(20)14(13)21-15(18)23/h2-3,24H,4-9H2,1H3,(H,21,23). The lowest BCUT2D eigenvalue weighted by Gasteiger charge is -2.29. The summed E-state index contributed by atoms with van der Waals surface area (Å²) in [6.07, 6.45) is 3.49. The number of hydrogen-bond donors (Lipinski definition) is 2. The van der Waals surface area contributed by atoms with Crippen molar-refractivity contribution in [3.8, 4) is 0 Å². The number of fused-ring (bicyclic) bond motifs is 3. The molecular formula is C18H19Cl2NO4. The summed E-state index contributed by atoms with van der Waals surface area (Å²) in [7, 11) is 1.68. The van der Waals surface area contributed by atoms with Crippen molar-refractivity contribution in [3.63, 3.8) is 0 Å². The molecule has 2 N–H and O–H groups in total. The monoisotopic (exact) mass is 383 g/mol. The molecule has 2 fully saturated rings. The SMILES string of the molecule is COC12CCC(C(=O)CC3(O)C(=O)Nc4c(Cl)ccc(Cl)c43)(CC1)C2. The molecular weight excluding hydrogens is 365 g/mol. The summed E-state index contributed by atoms with van der Waals surface area (Å²) in [4.78, 5) is 25.6. The van der Waals surface area contributed by atoms with Gasteiger partial charge in [0.15, 0.2) is 5.60 Å². The number of hydrogen-bond acceptors (Lipinski definition) is 4. The van der Waals surface area contributed by atoms with Gasteiger partial charge in [-0.05, 0) is 44.2 Å². The summed E-state index contributed by atoms with van der Waals surface area (Å²) in [5.41, 5.74) is -2.24. The molecule has 3 aliphatic rings. The zero-order valence-corrected chi connectivity index (χ0v) is 15.3. The minimum atomic E-state index is -1.98. The molecule has 4 rings (SSSR count). The highest BCUT2D eigenvalue weighted by atomic mass is 35.5. The van der Waals surface area contributed by atoms with Gasteiger partial charge in [0.2, 0.25) is 0 Å². The summed E-state index contributed by atoms with van der Waals surface area (Å²) >= 11 is 12.3. The highest BCUT2D eigenvalue weighted by Crippen LogP contribution is 2.59. The van der Waals surface area contributed by atoms with Crippen LogP contribution < -0.4 is 5.32 Å². The number of halogens is 2. The van der Waals surface area contributed by atoms with Crippen LogP contribution in [0.2, 0.25) is 10.0 Å². The molecule has 1 unspecified atom stereocenters. The van der Waals surface area contributed by atoms with E-state index >= 15 is 0 Å². The van der Waals surface area contributed by atoms with Gasteiger partial charge in [0, 0.05) is 29.5 Å². The van der Waals surface area contributed by atoms with E-state index in [0.29, 0.717) is 6.42 Å². The lowest BCUT2D eigenvalue weighted by atomic mass is 9.75. The minimum absolute atomic E-state index is 0.106. The predicted molar refractivity (Wildman–Crippen MR) is 93.9 cm³/mol. The van der Waals surface area contributed by atoms with Gasteiger partial charge < -0.3 is 15.2 Å². The molecule has 0 saturated heterocycles. The van der Waals surface area contributed by atoms with Gasteiger partial charge in [-0.2, -0.15) is 0 Å². The molecule has 25 heavy (non-hydrogen) atoms. The van der Waals surface area contributed by atoms with Crippen LogP contribution in [0.3, 0.4) is 0 Å². The largest absolute Gasteiger partial charge is 0.378 e. The van der Waals surface area contributed by atoms with E-state index < -0.39 is 16.9 Å². The molecule has 2 saturated carbocycles. The number of carbonyl (C=O) groups is 2. The normalized spacial score (nSPS) is 35.8. The average molecular weight is 384 g/mol. The van der Waals surface area contributed by atoms with Crippen molar-refractivity contribution in [1.29, 1.82) is 0 Å². The number of carbonyl (C=O) groups excluding carboxylic acids is 2. The number of benzene rings is 1. The van der Waals surface area contributed by atoms with Crippen LogP contribution in [-0.4, -0.2) is 29.5 Å². The number of rotatable bonds is 4. The molecule has 0 spiro atoms. The third-order valence-corrected chi connectivity index (χ3v) is 6.98. The highest BCUT2D eigenvalue weighted by molar-refractivity contribution is 6.38. The highest BCUT2D eigenvalue weighted by Gasteiger charge is 2.60. The smallest absolute Gasteiger partial charge is 0.261 e. The molecule has 1 aliphatic heterocycles. The van der Waals surface area contributed by atoms with Gasteiger partial charge in [0.25, 0.3) is 5.91 Å². The van der Waals surface area contributed by atoms with Gasteiger partial charge in [-0.1, -0.05) is 23.2 Å². The Hall–Kier alpha value is -1.14. The lowest BCUT2D eigenvalue weighted by Crippen LogP contribution is -2.40. The van der Waals surface area contributed by atoms with Crippen LogP contribution >= 0.6 is 23.2 Å². The molecule has 1 heterocycles. The topological polar surface area (TPSA) is 75.6 Å². The fourth-order valence-corrected chi connectivity index (χ4v) is 5.32. The predicted octanol–water partition coefficient (Wildman–Crippen LogP) is 3.44. The van der Waals surface area contributed by atoms with E-state index in [2.05, 4.69) is 5.32 Å². The first-order chi connectivity index (χ1) is 11.8. The number of anilines is 1. The van der Waals surface area contributed by atoms with Crippen LogP contribution in [0.5, 0.6) is 0 Å². The fraction of sp³-hybridized carbons (Fsp3) is 0.556. The quantitative estimate of drug-likeness (QED) is 0.834. The van der Waals surface area contributed by atoms with E-state index in [9.17, 15) is 14.7 Å². The Kier molecular flexibility index (Phi) is 3.75. The molecule has 1 amide bonds. The Labute approximate surface area is 155 Å². The molecule has 0 aromatic heterocycles. The van der Waals surface area contributed by atoms with Gasteiger partial charge >= 0.3 is 0 Å². The molecule has 1 aromatic rings. The molecule has 134 valence electrons. The molecule has 2 bridgehead atoms. The first-order valence-electron chi connectivity index (χ1n) is 8.36. The minimum Gasteiger partial charge on any atom is -0.378 e. The van der Waals surface area contributed by atoms with Gasteiger partial charge in [-0.3, -0.25) is 9.59 Å². The second-order valence-electron chi connectivity index (χ2n) is 7.54. The second-order valence-corrected chi connectivity index (χ2v) is 8.35. The number of ether oxygens (including phenoxy) is 1. The van der Waals surface area contributed by atoms with Crippen molar-refractivity contribution in [2.24, 2.45) is 5.41 Å². The van der Waals surface area contributed by atoms with Gasteiger partial charge in [-0.15, -0.1) is 0 Å². The Morgan fingerprint density at radius 2 is 1.88 bits per heavy atom. The van der Waals surface area contributed by atoms with E-state index in [0.717, 1.165) is 25.7 Å². The Morgan fingerprint density at radius 3 is 2.48 bits per heavy atom. The number of ketones is 1. The van der Waals surface area contributed by atoms with Crippen LogP contribution in [0.4, 0.5) is 5.69 Å². The van der Waals surface area contributed by atoms with E-state index in [1.165, 1.54) is 6.07 Å². The van der Waals surface area contributed by atoms with Gasteiger partial charge in [-0.25, -0.2) is 0 Å². The number of methoxy groups -OCH3 is 1. The molecule has 1 atom stereocenters. The molecule has 1 aromatic carbocycles. The maximum absolute atomic E-state index is 13.1. The van der Waals surface area contributed by atoms with E-state index in [-0.39, 0.29) is 39.1 Å².